The number of benzene rings is 2. The Kier molecular flexibility index (Phi) is 7.55. The molecule has 240 valence electrons. The topological polar surface area (TPSA) is 119 Å². The molecule has 5 heterocycles. The fourth-order valence-electron chi connectivity index (χ4n) is 7.82. The van der Waals surface area contributed by atoms with Crippen LogP contribution in [0.3, 0.4) is 0 Å². The number of carbonyl (C=O) groups is 1. The van der Waals surface area contributed by atoms with Crippen molar-refractivity contribution in [1.29, 1.82) is 5.26 Å². The van der Waals surface area contributed by atoms with Gasteiger partial charge >= 0.3 is 0 Å². The fourth-order valence-corrected chi connectivity index (χ4v) is 9.28. The molecule has 0 saturated carbocycles. The lowest BCUT2D eigenvalue weighted by molar-refractivity contribution is -0.170. The van der Waals surface area contributed by atoms with Crippen molar-refractivity contribution in [2.75, 3.05) is 64.3 Å². The van der Waals surface area contributed by atoms with E-state index >= 15 is 4.79 Å². The van der Waals surface area contributed by atoms with Gasteiger partial charge in [-0.1, -0.05) is 0 Å². The number of piperidine rings is 1. The largest absolute Gasteiger partial charge is 0.497 e. The summed E-state index contributed by atoms with van der Waals surface area (Å²) in [6, 6.07) is 17.0. The molecule has 0 bridgehead atoms. The molecule has 4 aliphatic rings. The van der Waals surface area contributed by atoms with E-state index in [1.54, 1.807) is 48.7 Å². The Hall–Kier alpha value is -4.02. The van der Waals surface area contributed by atoms with Gasteiger partial charge in [0.05, 0.1) is 35.9 Å². The van der Waals surface area contributed by atoms with Crippen LogP contribution in [0.15, 0.2) is 65.7 Å². The van der Waals surface area contributed by atoms with Crippen molar-refractivity contribution in [1.82, 2.24) is 19.7 Å². The third kappa shape index (κ3) is 4.59. The summed E-state index contributed by atoms with van der Waals surface area (Å²) in [6.45, 7) is 7.39. The first-order valence-corrected chi connectivity index (χ1v) is 17.2. The van der Waals surface area contributed by atoms with Gasteiger partial charge in [0.25, 0.3) is 15.9 Å². The first-order valence-electron chi connectivity index (χ1n) is 15.7. The summed E-state index contributed by atoms with van der Waals surface area (Å²) in [4.78, 5) is 26.6. The fraction of sp³-hybridized carbons (Fsp3) is 0.441. The van der Waals surface area contributed by atoms with Crippen LogP contribution in [0.4, 0.5) is 5.69 Å². The van der Waals surface area contributed by atoms with Crippen LogP contribution < -0.4 is 13.8 Å². The van der Waals surface area contributed by atoms with Gasteiger partial charge in [0.1, 0.15) is 5.75 Å². The van der Waals surface area contributed by atoms with E-state index in [1.165, 1.54) is 19.2 Å². The Morgan fingerprint density at radius 1 is 1.02 bits per heavy atom. The molecule has 0 radical (unpaired) electrons. The summed E-state index contributed by atoms with van der Waals surface area (Å²) < 4.78 is 40.9. The minimum atomic E-state index is -4.37. The van der Waals surface area contributed by atoms with Crippen molar-refractivity contribution < 1.29 is 22.7 Å². The molecule has 3 saturated heterocycles. The molecule has 46 heavy (non-hydrogen) atoms. The molecule has 7 rings (SSSR count). The molecule has 0 aliphatic carbocycles. The van der Waals surface area contributed by atoms with Crippen LogP contribution in [0.5, 0.6) is 11.6 Å². The van der Waals surface area contributed by atoms with Crippen molar-refractivity contribution in [2.45, 2.75) is 36.2 Å². The third-order valence-corrected chi connectivity index (χ3v) is 11.8. The number of hydrogen-bond donors (Lipinski definition) is 0. The molecular formula is C34H38N6O5S. The monoisotopic (exact) mass is 642 g/mol. The molecule has 1 atom stereocenters. The first-order chi connectivity index (χ1) is 22.2. The standard InChI is InChI=1S/C34H38N6O5S/c1-4-45-31-28(6-5-15-36-31)34(39-22-33(23-39)20-38(21-33)25-13-16-37(2)17-14-25)29-18-24(19-35)7-12-30(29)40(32(34)41)46(42,43)27-10-8-26(44-3)9-11-27/h5-12,15,18,25H,4,13-14,16-17,20-23H2,1-3H3. The highest BCUT2D eigenvalue weighted by molar-refractivity contribution is 7.93. The van der Waals surface area contributed by atoms with Gasteiger partial charge in [-0.25, -0.2) is 17.7 Å². The Morgan fingerprint density at radius 3 is 2.39 bits per heavy atom. The van der Waals surface area contributed by atoms with Crippen LogP contribution >= 0.6 is 0 Å². The number of sulfonamides is 1. The van der Waals surface area contributed by atoms with Crippen LogP contribution in [0, 0.1) is 16.7 Å². The van der Waals surface area contributed by atoms with Crippen LogP contribution in [0.1, 0.15) is 36.5 Å². The summed E-state index contributed by atoms with van der Waals surface area (Å²) in [7, 11) is -0.702. The number of nitriles is 1. The number of aromatic nitrogens is 1. The zero-order valence-corrected chi connectivity index (χ0v) is 27.2. The van der Waals surface area contributed by atoms with E-state index < -0.39 is 21.5 Å². The number of fused-ring (bicyclic) bond motifs is 1. The van der Waals surface area contributed by atoms with E-state index in [4.69, 9.17) is 9.47 Å². The number of ether oxygens (including phenoxy) is 2. The lowest BCUT2D eigenvalue weighted by Crippen LogP contribution is -2.77. The van der Waals surface area contributed by atoms with Gasteiger partial charge in [-0.2, -0.15) is 5.26 Å². The Balaban J connectivity index is 1.33. The maximum absolute atomic E-state index is 15.2. The second-order valence-corrected chi connectivity index (χ2v) is 14.7. The Morgan fingerprint density at radius 2 is 1.74 bits per heavy atom. The second kappa shape index (κ2) is 11.3. The number of rotatable bonds is 8. The van der Waals surface area contributed by atoms with Gasteiger partial charge in [0, 0.05) is 55.0 Å². The first kappa shape index (κ1) is 30.6. The zero-order chi connectivity index (χ0) is 32.3. The molecule has 4 aliphatic heterocycles. The van der Waals surface area contributed by atoms with Crippen LogP contribution in [0.25, 0.3) is 0 Å². The van der Waals surface area contributed by atoms with E-state index in [2.05, 4.69) is 32.8 Å². The average Bonchev–Trinajstić information content (AvgIpc) is 3.29. The number of amides is 1. The molecule has 11 nitrogen and oxygen atoms in total. The maximum atomic E-state index is 15.2. The van der Waals surface area contributed by atoms with Gasteiger partial charge in [-0.15, -0.1) is 0 Å². The number of carbonyl (C=O) groups excluding carboxylic acids is 1. The number of likely N-dealkylation sites (tertiary alicyclic amines) is 3. The van der Waals surface area contributed by atoms with Gasteiger partial charge in [0.2, 0.25) is 5.88 Å². The van der Waals surface area contributed by atoms with Crippen LogP contribution in [-0.2, 0) is 20.4 Å². The molecular weight excluding hydrogens is 604 g/mol. The molecule has 1 amide bonds. The Labute approximate surface area is 270 Å². The lowest BCUT2D eigenvalue weighted by Gasteiger charge is -2.65. The van der Waals surface area contributed by atoms with Crippen LogP contribution in [0.2, 0.25) is 0 Å². The van der Waals surface area contributed by atoms with E-state index in [-0.39, 0.29) is 21.9 Å². The molecule has 1 unspecified atom stereocenters. The molecule has 3 aromatic rings. The normalized spacial score (nSPS) is 23.4. The number of hydrogen-bond acceptors (Lipinski definition) is 10. The number of anilines is 1. The van der Waals surface area contributed by atoms with Gasteiger partial charge < -0.3 is 14.4 Å². The number of methoxy groups -OCH3 is 1. The van der Waals surface area contributed by atoms with E-state index in [0.717, 1.165) is 43.3 Å². The predicted molar refractivity (Wildman–Crippen MR) is 171 cm³/mol. The maximum Gasteiger partial charge on any atom is 0.271 e. The number of pyridine rings is 1. The van der Waals surface area contributed by atoms with Crippen molar-refractivity contribution >= 4 is 21.6 Å². The molecule has 1 aromatic heterocycles. The van der Waals surface area contributed by atoms with Crippen LogP contribution in [-0.4, -0.2) is 100 Å². The molecule has 1 spiro atoms. The van der Waals surface area contributed by atoms with E-state index in [9.17, 15) is 13.7 Å². The highest BCUT2D eigenvalue weighted by atomic mass is 32.2. The van der Waals surface area contributed by atoms with Crippen molar-refractivity contribution in [2.24, 2.45) is 5.41 Å². The quantitative estimate of drug-likeness (QED) is 0.363. The predicted octanol–water partition coefficient (Wildman–Crippen LogP) is 3.05. The van der Waals surface area contributed by atoms with Gasteiger partial charge in [0.15, 0.2) is 5.54 Å². The summed E-state index contributed by atoms with van der Waals surface area (Å²) in [5.74, 6) is 0.124. The summed E-state index contributed by atoms with van der Waals surface area (Å²) in [5.41, 5.74) is -0.127. The van der Waals surface area contributed by atoms with Crippen molar-refractivity contribution in [3.05, 3.63) is 77.5 Å². The van der Waals surface area contributed by atoms with Crippen molar-refractivity contribution in [3.63, 3.8) is 0 Å². The average molecular weight is 643 g/mol. The van der Waals surface area contributed by atoms with Gasteiger partial charge in [-0.05, 0) is 94.5 Å². The summed E-state index contributed by atoms with van der Waals surface area (Å²) >= 11 is 0. The van der Waals surface area contributed by atoms with Gasteiger partial charge in [-0.3, -0.25) is 14.6 Å². The zero-order valence-electron chi connectivity index (χ0n) is 26.3. The van der Waals surface area contributed by atoms with E-state index in [0.29, 0.717) is 48.2 Å². The Bertz CT molecular complexity index is 1800. The lowest BCUT2D eigenvalue weighted by atomic mass is 9.67. The van der Waals surface area contributed by atoms with Crippen molar-refractivity contribution in [3.8, 4) is 17.7 Å². The second-order valence-electron chi connectivity index (χ2n) is 12.9. The van der Waals surface area contributed by atoms with E-state index in [1.807, 2.05) is 6.92 Å². The third-order valence-electron chi connectivity index (χ3n) is 10.1. The minimum Gasteiger partial charge on any atom is -0.497 e. The number of nitrogens with zero attached hydrogens (tertiary/aromatic N) is 6. The molecule has 2 aromatic carbocycles. The summed E-state index contributed by atoms with van der Waals surface area (Å²) in [5, 5.41) is 9.94. The summed E-state index contributed by atoms with van der Waals surface area (Å²) in [6.07, 6.45) is 3.90. The smallest absolute Gasteiger partial charge is 0.271 e. The highest BCUT2D eigenvalue weighted by Crippen LogP contribution is 2.57. The molecule has 3 fully saturated rings. The highest BCUT2D eigenvalue weighted by Gasteiger charge is 2.67. The SMILES string of the molecule is CCOc1ncccc1C1(N2CC3(CN(C4CCN(C)CC4)C3)C2)C(=O)N(S(=O)(=O)c2ccc(OC)cc2)c2ccc(C#N)cc21. The minimum absolute atomic E-state index is 0.000104. The molecule has 12 heteroatoms. The molecule has 0 N–H and O–H groups in total.